The molecule has 0 aromatic heterocycles. The topological polar surface area (TPSA) is 0 Å². The smallest absolute Gasteiger partial charge is 0.192 e. The van der Waals surface area contributed by atoms with Gasteiger partial charge in [0.05, 0.1) is 0 Å². The van der Waals surface area contributed by atoms with Crippen LogP contribution in [0.5, 0.6) is 0 Å². The van der Waals surface area contributed by atoms with Gasteiger partial charge in [-0.3, -0.25) is 0 Å². The summed E-state index contributed by atoms with van der Waals surface area (Å²) in [6.45, 7) is 0. The maximum absolute atomic E-state index is 12.4. The Bertz CT molecular complexity index is 307. The van der Waals surface area contributed by atoms with Gasteiger partial charge in [-0.15, -0.1) is 0 Å². The van der Waals surface area contributed by atoms with Crippen molar-refractivity contribution in [2.45, 2.75) is 29.2 Å². The molecule has 0 unspecified atom stereocenters. The first-order chi connectivity index (χ1) is 7.56. The Morgan fingerprint density at radius 1 is 0.556 bits per heavy atom. The zero-order valence-electron chi connectivity index (χ0n) is 7.44. The molecule has 0 aliphatic rings. The Hall–Kier alpha value is -0.130. The van der Waals surface area contributed by atoms with Crippen molar-refractivity contribution in [3.05, 3.63) is 0 Å². The molecule has 0 saturated carbocycles. The van der Waals surface area contributed by atoms with E-state index in [-0.39, 0.29) is 0 Å². The average molecular weight is 337 g/mol. The minimum absolute atomic E-state index is 1.80. The lowest BCUT2D eigenvalue weighted by Gasteiger charge is -2.35. The van der Waals surface area contributed by atoms with Crippen LogP contribution >= 0.6 is 21.7 Å². The summed E-state index contributed by atoms with van der Waals surface area (Å²) in [5.41, 5.74) is 0. The highest BCUT2D eigenvalue weighted by atomic mass is 35.7. The Labute approximate surface area is 100.0 Å². The molecule has 0 amide bonds. The summed E-state index contributed by atoms with van der Waals surface area (Å²) >= 11 is 0. The van der Waals surface area contributed by atoms with Crippen molar-refractivity contribution in [1.82, 2.24) is 0 Å². The first-order valence-corrected chi connectivity index (χ1v) is 5.08. The molecular formula is C5ClF11S. The number of hydrogen-bond acceptors (Lipinski definition) is 1. The molecule has 0 heterocycles. The minimum Gasteiger partial charge on any atom is -0.192 e. The third kappa shape index (κ3) is 2.32. The highest BCUT2D eigenvalue weighted by molar-refractivity contribution is 8.21. The second kappa shape index (κ2) is 4.46. The van der Waals surface area contributed by atoms with Crippen LogP contribution in [0, 0.1) is 0 Å². The maximum Gasteiger partial charge on any atom is 0.460 e. The summed E-state index contributed by atoms with van der Waals surface area (Å²) in [7, 11) is 2.27. The van der Waals surface area contributed by atoms with E-state index in [1.54, 1.807) is 0 Å². The summed E-state index contributed by atoms with van der Waals surface area (Å²) < 4.78 is 133. The van der Waals surface area contributed by atoms with Crippen LogP contribution in [0.2, 0.25) is 0 Å². The van der Waals surface area contributed by atoms with Crippen LogP contribution in [0.15, 0.2) is 0 Å². The SMILES string of the molecule is FC(F)(F)C(F)(F)C(F)(F)C(F)(F)C(F)(F)SCl. The summed E-state index contributed by atoms with van der Waals surface area (Å²) in [5.74, 6) is -21.8. The van der Waals surface area contributed by atoms with Crippen LogP contribution in [0.4, 0.5) is 48.3 Å². The van der Waals surface area contributed by atoms with Crippen molar-refractivity contribution in [3.8, 4) is 0 Å². The predicted molar refractivity (Wildman–Crippen MR) is 39.3 cm³/mol. The van der Waals surface area contributed by atoms with Crippen LogP contribution in [0.1, 0.15) is 0 Å². The molecule has 0 aromatic carbocycles. The van der Waals surface area contributed by atoms with Gasteiger partial charge < -0.3 is 0 Å². The molecule has 0 saturated heterocycles. The molecule has 0 radical (unpaired) electrons. The van der Waals surface area contributed by atoms with E-state index in [1.165, 1.54) is 0 Å². The molecule has 0 aromatic rings. The lowest BCUT2D eigenvalue weighted by molar-refractivity contribution is -0.412. The van der Waals surface area contributed by atoms with Gasteiger partial charge in [0, 0.05) is 11.0 Å². The van der Waals surface area contributed by atoms with Crippen LogP contribution in [0.25, 0.3) is 0 Å². The molecular weight excluding hydrogens is 337 g/mol. The highest BCUT2D eigenvalue weighted by Crippen LogP contribution is 2.60. The fourth-order valence-corrected chi connectivity index (χ4v) is 1.12. The van der Waals surface area contributed by atoms with Gasteiger partial charge in [-0.25, -0.2) is 0 Å². The van der Waals surface area contributed by atoms with Crippen LogP contribution in [0.3, 0.4) is 0 Å². The van der Waals surface area contributed by atoms with E-state index >= 15 is 0 Å². The fourth-order valence-electron chi connectivity index (χ4n) is 0.606. The van der Waals surface area contributed by atoms with Crippen molar-refractivity contribution >= 4 is 21.7 Å². The van der Waals surface area contributed by atoms with Gasteiger partial charge in [0.25, 0.3) is 0 Å². The fraction of sp³-hybridized carbons (Fsp3) is 1.00. The third-order valence-electron chi connectivity index (χ3n) is 1.61. The number of halogens is 12. The molecule has 0 rings (SSSR count). The van der Waals surface area contributed by atoms with Gasteiger partial charge >= 0.3 is 29.2 Å². The second-order valence-corrected chi connectivity index (χ2v) is 3.94. The van der Waals surface area contributed by atoms with Crippen molar-refractivity contribution in [1.29, 1.82) is 0 Å². The van der Waals surface area contributed by atoms with Gasteiger partial charge in [0.1, 0.15) is 0 Å². The van der Waals surface area contributed by atoms with Crippen molar-refractivity contribution < 1.29 is 48.3 Å². The molecule has 0 bridgehead atoms. The summed E-state index contributed by atoms with van der Waals surface area (Å²) in [5, 5.41) is -6.03. The molecule has 0 nitrogen and oxygen atoms in total. The number of rotatable bonds is 4. The van der Waals surface area contributed by atoms with Gasteiger partial charge in [-0.2, -0.15) is 48.3 Å². The van der Waals surface area contributed by atoms with Crippen molar-refractivity contribution in [3.63, 3.8) is 0 Å². The standard InChI is InChI=1S/C5ClF11S/c6-18-5(16,17)3(11,12)1(7,8)2(9,10)4(13,14)15. The van der Waals surface area contributed by atoms with Crippen LogP contribution in [-0.4, -0.2) is 29.2 Å². The molecule has 0 aliphatic heterocycles. The van der Waals surface area contributed by atoms with E-state index in [4.69, 9.17) is 0 Å². The maximum atomic E-state index is 12.4. The molecule has 110 valence electrons. The van der Waals surface area contributed by atoms with Gasteiger partial charge in [0.2, 0.25) is 0 Å². The highest BCUT2D eigenvalue weighted by Gasteiger charge is 2.87. The first kappa shape index (κ1) is 17.9. The Morgan fingerprint density at radius 3 is 1.11 bits per heavy atom. The normalized spacial score (nSPS) is 16.0. The van der Waals surface area contributed by atoms with E-state index in [2.05, 4.69) is 10.7 Å². The van der Waals surface area contributed by atoms with Gasteiger partial charge in [-0.1, -0.05) is 0 Å². The van der Waals surface area contributed by atoms with E-state index in [1.807, 2.05) is 0 Å². The lowest BCUT2D eigenvalue weighted by atomic mass is 10.0. The van der Waals surface area contributed by atoms with E-state index < -0.39 is 40.2 Å². The zero-order valence-corrected chi connectivity index (χ0v) is 9.02. The monoisotopic (exact) mass is 336 g/mol. The van der Waals surface area contributed by atoms with E-state index in [9.17, 15) is 48.3 Å². The Kier molecular flexibility index (Phi) is 4.43. The molecule has 0 N–H and O–H groups in total. The van der Waals surface area contributed by atoms with Crippen molar-refractivity contribution in [2.75, 3.05) is 0 Å². The largest absolute Gasteiger partial charge is 0.460 e. The van der Waals surface area contributed by atoms with Gasteiger partial charge in [0.15, 0.2) is 0 Å². The first-order valence-electron chi connectivity index (χ1n) is 3.44. The predicted octanol–water partition coefficient (Wildman–Crippen LogP) is 4.93. The van der Waals surface area contributed by atoms with Gasteiger partial charge in [-0.05, 0) is 10.7 Å². The number of hydrogen-bond donors (Lipinski definition) is 0. The summed E-state index contributed by atoms with van der Waals surface area (Å²) in [6.07, 6.45) is -7.15. The molecule has 0 fully saturated rings. The minimum atomic E-state index is -7.39. The van der Waals surface area contributed by atoms with E-state index in [0.29, 0.717) is 0 Å². The van der Waals surface area contributed by atoms with E-state index in [0.717, 1.165) is 0 Å². The summed E-state index contributed by atoms with van der Waals surface area (Å²) in [6, 6.07) is 0. The quantitative estimate of drug-likeness (QED) is 0.656. The number of alkyl halides is 11. The van der Waals surface area contributed by atoms with Crippen LogP contribution in [-0.2, 0) is 0 Å². The molecule has 18 heavy (non-hydrogen) atoms. The Morgan fingerprint density at radius 2 is 0.889 bits per heavy atom. The lowest BCUT2D eigenvalue weighted by Crippen LogP contribution is -2.65. The average Bonchev–Trinajstić information content (AvgIpc) is 2.15. The third-order valence-corrected chi connectivity index (χ3v) is 2.64. The Balaban J connectivity index is 5.80. The van der Waals surface area contributed by atoms with Crippen LogP contribution < -0.4 is 0 Å². The molecule has 0 aliphatic carbocycles. The zero-order chi connectivity index (χ0) is 15.2. The molecule has 0 atom stereocenters. The molecule has 13 heteroatoms. The second-order valence-electron chi connectivity index (χ2n) is 2.81. The molecule has 0 spiro atoms. The van der Waals surface area contributed by atoms with Crippen molar-refractivity contribution in [2.24, 2.45) is 0 Å². The summed E-state index contributed by atoms with van der Waals surface area (Å²) in [4.78, 5) is 0.